The van der Waals surface area contributed by atoms with Crippen LogP contribution in [0, 0.1) is 0 Å². The van der Waals surface area contributed by atoms with Crippen molar-refractivity contribution in [3.8, 4) is 5.75 Å². The zero-order valence-corrected chi connectivity index (χ0v) is 16.5. The lowest BCUT2D eigenvalue weighted by molar-refractivity contribution is -0.125. The lowest BCUT2D eigenvalue weighted by atomic mass is 10.1. The standard InChI is InChI=1S/C21H23N3O5/c1-14-20(26)24(17-6-4-5-7-18(17)29-14)13-12-19(25)22-15-8-10-16(11-9-15)23(2)21(27)28-3/h4-11,14H,12-13H2,1-3H3,(H,22,25). The molecule has 0 bridgehead atoms. The van der Waals surface area contributed by atoms with Crippen molar-refractivity contribution in [1.29, 1.82) is 0 Å². The quantitative estimate of drug-likeness (QED) is 0.838. The molecule has 0 saturated carbocycles. The van der Waals surface area contributed by atoms with Crippen molar-refractivity contribution < 1.29 is 23.9 Å². The Labute approximate surface area is 169 Å². The molecule has 2 aromatic carbocycles. The van der Waals surface area contributed by atoms with Crippen molar-refractivity contribution >= 4 is 35.0 Å². The number of rotatable bonds is 5. The van der Waals surface area contributed by atoms with E-state index in [1.54, 1.807) is 55.3 Å². The maximum atomic E-state index is 12.5. The fourth-order valence-corrected chi connectivity index (χ4v) is 3.04. The average Bonchev–Trinajstić information content (AvgIpc) is 2.73. The van der Waals surface area contributed by atoms with Crippen molar-refractivity contribution in [1.82, 2.24) is 0 Å². The van der Waals surface area contributed by atoms with Gasteiger partial charge in [0.15, 0.2) is 6.10 Å². The Morgan fingerprint density at radius 1 is 1.17 bits per heavy atom. The van der Waals surface area contributed by atoms with Crippen molar-refractivity contribution in [3.05, 3.63) is 48.5 Å². The van der Waals surface area contributed by atoms with E-state index < -0.39 is 12.2 Å². The maximum Gasteiger partial charge on any atom is 0.413 e. The van der Waals surface area contributed by atoms with Crippen molar-refractivity contribution in [3.63, 3.8) is 0 Å². The fraction of sp³-hybridized carbons (Fsp3) is 0.286. The predicted molar refractivity (Wildman–Crippen MR) is 109 cm³/mol. The van der Waals surface area contributed by atoms with E-state index in [4.69, 9.17) is 4.74 Å². The molecule has 0 radical (unpaired) electrons. The van der Waals surface area contributed by atoms with E-state index in [9.17, 15) is 14.4 Å². The third kappa shape index (κ3) is 4.48. The fourth-order valence-electron chi connectivity index (χ4n) is 3.04. The first-order valence-electron chi connectivity index (χ1n) is 9.19. The number of methoxy groups -OCH3 is 1. The highest BCUT2D eigenvalue weighted by molar-refractivity contribution is 6.01. The first-order valence-corrected chi connectivity index (χ1v) is 9.19. The molecule has 3 amide bonds. The van der Waals surface area contributed by atoms with Gasteiger partial charge in [-0.1, -0.05) is 12.1 Å². The molecule has 29 heavy (non-hydrogen) atoms. The highest BCUT2D eigenvalue weighted by Crippen LogP contribution is 2.33. The number of benzene rings is 2. The summed E-state index contributed by atoms with van der Waals surface area (Å²) in [5.74, 6) is 0.237. The highest BCUT2D eigenvalue weighted by Gasteiger charge is 2.31. The van der Waals surface area contributed by atoms with Crippen molar-refractivity contribution in [2.45, 2.75) is 19.4 Å². The van der Waals surface area contributed by atoms with Gasteiger partial charge in [-0.2, -0.15) is 0 Å². The van der Waals surface area contributed by atoms with Crippen LogP contribution in [0.4, 0.5) is 21.9 Å². The van der Waals surface area contributed by atoms with Crippen LogP contribution in [0.2, 0.25) is 0 Å². The summed E-state index contributed by atoms with van der Waals surface area (Å²) < 4.78 is 10.3. The van der Waals surface area contributed by atoms with Gasteiger partial charge in [0.2, 0.25) is 5.91 Å². The van der Waals surface area contributed by atoms with Crippen LogP contribution in [0.15, 0.2) is 48.5 Å². The van der Waals surface area contributed by atoms with Gasteiger partial charge in [0.25, 0.3) is 5.91 Å². The van der Waals surface area contributed by atoms with E-state index in [-0.39, 0.29) is 24.8 Å². The molecular weight excluding hydrogens is 374 g/mol. The first-order chi connectivity index (χ1) is 13.9. The van der Waals surface area contributed by atoms with E-state index in [0.717, 1.165) is 0 Å². The number of anilines is 3. The van der Waals surface area contributed by atoms with E-state index in [1.165, 1.54) is 12.0 Å². The lowest BCUT2D eigenvalue weighted by Crippen LogP contribution is -2.45. The summed E-state index contributed by atoms with van der Waals surface area (Å²) in [6, 6.07) is 14.1. The molecule has 1 atom stereocenters. The molecule has 1 heterocycles. The van der Waals surface area contributed by atoms with Crippen LogP contribution >= 0.6 is 0 Å². The first kappa shape index (κ1) is 20.2. The summed E-state index contributed by atoms with van der Waals surface area (Å²) in [5, 5.41) is 2.80. The molecule has 0 spiro atoms. The van der Waals surface area contributed by atoms with E-state index in [0.29, 0.717) is 22.8 Å². The number of nitrogens with zero attached hydrogens (tertiary/aromatic N) is 2. The molecule has 0 aliphatic carbocycles. The smallest absolute Gasteiger partial charge is 0.413 e. The van der Waals surface area contributed by atoms with Crippen LogP contribution < -0.4 is 19.9 Å². The number of ether oxygens (including phenoxy) is 2. The number of para-hydroxylation sites is 2. The molecule has 0 aromatic heterocycles. The Kier molecular flexibility index (Phi) is 6.01. The Bertz CT molecular complexity index is 913. The molecule has 152 valence electrons. The number of carbonyl (C=O) groups excluding carboxylic acids is 3. The SMILES string of the molecule is COC(=O)N(C)c1ccc(NC(=O)CCN2C(=O)C(C)Oc3ccccc32)cc1. The molecule has 1 aliphatic rings. The second kappa shape index (κ2) is 8.64. The summed E-state index contributed by atoms with van der Waals surface area (Å²) in [6.07, 6.45) is -0.935. The van der Waals surface area contributed by atoms with Gasteiger partial charge in [-0.05, 0) is 43.3 Å². The Morgan fingerprint density at radius 2 is 1.86 bits per heavy atom. The van der Waals surface area contributed by atoms with Gasteiger partial charge >= 0.3 is 6.09 Å². The van der Waals surface area contributed by atoms with Crippen LogP contribution in [0.3, 0.4) is 0 Å². The number of hydrogen-bond donors (Lipinski definition) is 1. The normalized spacial score (nSPS) is 15.2. The molecule has 1 unspecified atom stereocenters. The van der Waals surface area contributed by atoms with Gasteiger partial charge in [-0.25, -0.2) is 4.79 Å². The van der Waals surface area contributed by atoms with Gasteiger partial charge in [0.1, 0.15) is 5.75 Å². The van der Waals surface area contributed by atoms with Crippen LogP contribution in [0.5, 0.6) is 5.75 Å². The molecule has 1 aliphatic heterocycles. The summed E-state index contributed by atoms with van der Waals surface area (Å²) in [6.45, 7) is 1.94. The predicted octanol–water partition coefficient (Wildman–Crippen LogP) is 3.03. The third-order valence-corrected chi connectivity index (χ3v) is 4.62. The van der Waals surface area contributed by atoms with E-state index in [2.05, 4.69) is 10.1 Å². The van der Waals surface area contributed by atoms with Gasteiger partial charge in [-0.3, -0.25) is 14.5 Å². The Balaban J connectivity index is 1.60. The minimum Gasteiger partial charge on any atom is -0.479 e. The van der Waals surface area contributed by atoms with Crippen LogP contribution in [0.25, 0.3) is 0 Å². The zero-order chi connectivity index (χ0) is 21.0. The summed E-state index contributed by atoms with van der Waals surface area (Å²) >= 11 is 0. The van der Waals surface area contributed by atoms with Crippen LogP contribution in [0.1, 0.15) is 13.3 Å². The minimum atomic E-state index is -0.590. The van der Waals surface area contributed by atoms with E-state index in [1.807, 2.05) is 12.1 Å². The largest absolute Gasteiger partial charge is 0.479 e. The van der Waals surface area contributed by atoms with E-state index >= 15 is 0 Å². The third-order valence-electron chi connectivity index (χ3n) is 4.62. The Morgan fingerprint density at radius 3 is 2.55 bits per heavy atom. The van der Waals surface area contributed by atoms with Gasteiger partial charge < -0.3 is 19.7 Å². The van der Waals surface area contributed by atoms with Crippen molar-refractivity contribution in [2.24, 2.45) is 0 Å². The zero-order valence-electron chi connectivity index (χ0n) is 16.5. The average molecular weight is 397 g/mol. The molecule has 8 heteroatoms. The summed E-state index contributed by atoms with van der Waals surface area (Å²) in [4.78, 5) is 39.3. The number of hydrogen-bond acceptors (Lipinski definition) is 5. The number of amides is 3. The van der Waals surface area contributed by atoms with Gasteiger partial charge in [0.05, 0.1) is 12.8 Å². The van der Waals surface area contributed by atoms with Crippen molar-refractivity contribution in [2.75, 3.05) is 35.8 Å². The number of fused-ring (bicyclic) bond motifs is 1. The molecule has 1 N–H and O–H groups in total. The molecule has 3 rings (SSSR count). The topological polar surface area (TPSA) is 88.2 Å². The molecule has 0 fully saturated rings. The second-order valence-corrected chi connectivity index (χ2v) is 6.59. The molecular formula is C21H23N3O5. The van der Waals surface area contributed by atoms with Gasteiger partial charge in [0, 0.05) is 31.4 Å². The summed E-state index contributed by atoms with van der Waals surface area (Å²) in [5.41, 5.74) is 1.90. The lowest BCUT2D eigenvalue weighted by Gasteiger charge is -2.32. The minimum absolute atomic E-state index is 0.136. The van der Waals surface area contributed by atoms with Crippen LogP contribution in [-0.2, 0) is 14.3 Å². The number of carbonyl (C=O) groups is 3. The van der Waals surface area contributed by atoms with Gasteiger partial charge in [-0.15, -0.1) is 0 Å². The second-order valence-electron chi connectivity index (χ2n) is 6.59. The molecule has 2 aromatic rings. The monoisotopic (exact) mass is 397 g/mol. The Hall–Kier alpha value is -3.55. The molecule has 0 saturated heterocycles. The van der Waals surface area contributed by atoms with Crippen LogP contribution in [-0.4, -0.2) is 44.7 Å². The number of nitrogens with one attached hydrogen (secondary N) is 1. The maximum absolute atomic E-state index is 12.5. The highest BCUT2D eigenvalue weighted by atomic mass is 16.5. The molecule has 8 nitrogen and oxygen atoms in total. The summed E-state index contributed by atoms with van der Waals surface area (Å²) in [7, 11) is 2.91.